The Morgan fingerprint density at radius 1 is 1.28 bits per heavy atom. The molecule has 0 radical (unpaired) electrons. The summed E-state index contributed by atoms with van der Waals surface area (Å²) in [6.07, 6.45) is 6.66. The predicted molar refractivity (Wildman–Crippen MR) is 93.3 cm³/mol. The van der Waals surface area contributed by atoms with Crippen molar-refractivity contribution >= 4 is 17.7 Å². The van der Waals surface area contributed by atoms with Crippen LogP contribution in [0.3, 0.4) is 0 Å². The third kappa shape index (κ3) is 3.72. The molecule has 2 saturated heterocycles. The molecule has 0 unspecified atom stereocenters. The molecule has 1 spiro atoms. The van der Waals surface area contributed by atoms with E-state index in [4.69, 9.17) is 9.15 Å². The van der Waals surface area contributed by atoms with Crippen molar-refractivity contribution in [2.24, 2.45) is 5.41 Å². The van der Waals surface area contributed by atoms with Crippen molar-refractivity contribution in [3.8, 4) is 0 Å². The molecule has 2 aromatic rings. The van der Waals surface area contributed by atoms with E-state index in [1.807, 2.05) is 11.0 Å². The van der Waals surface area contributed by atoms with Gasteiger partial charge < -0.3 is 14.1 Å². The number of carbonyl (C=O) groups is 1. The Morgan fingerprint density at radius 2 is 2.16 bits per heavy atom. The maximum atomic E-state index is 12.8. The molecule has 0 aliphatic carbocycles. The number of ether oxygens (including phenoxy) is 1. The smallest absolute Gasteiger partial charge is 0.289 e. The zero-order valence-corrected chi connectivity index (χ0v) is 14.8. The molecule has 1 atom stereocenters. The number of amides is 1. The van der Waals surface area contributed by atoms with Gasteiger partial charge in [-0.25, -0.2) is 9.97 Å². The highest BCUT2D eigenvalue weighted by molar-refractivity contribution is 7.98. The van der Waals surface area contributed by atoms with E-state index >= 15 is 0 Å². The fourth-order valence-corrected chi connectivity index (χ4v) is 4.27. The summed E-state index contributed by atoms with van der Waals surface area (Å²) in [7, 11) is 0. The molecule has 25 heavy (non-hydrogen) atoms. The van der Waals surface area contributed by atoms with Crippen LogP contribution >= 0.6 is 11.8 Å². The lowest BCUT2D eigenvalue weighted by atomic mass is 9.79. The summed E-state index contributed by atoms with van der Waals surface area (Å²) in [5.41, 5.74) is 0.157. The average molecular weight is 359 g/mol. The summed E-state index contributed by atoms with van der Waals surface area (Å²) in [4.78, 5) is 23.1. The maximum absolute atomic E-state index is 12.8. The van der Waals surface area contributed by atoms with Crippen LogP contribution < -0.4 is 0 Å². The van der Waals surface area contributed by atoms with Crippen LogP contribution in [-0.2, 0) is 10.5 Å². The van der Waals surface area contributed by atoms with Crippen molar-refractivity contribution in [1.29, 1.82) is 0 Å². The molecule has 0 aromatic carbocycles. The Kier molecular flexibility index (Phi) is 4.76. The van der Waals surface area contributed by atoms with Gasteiger partial charge in [0.15, 0.2) is 10.9 Å². The largest absolute Gasteiger partial charge is 0.455 e. The van der Waals surface area contributed by atoms with Gasteiger partial charge in [-0.2, -0.15) is 0 Å². The zero-order chi connectivity index (χ0) is 17.1. The van der Waals surface area contributed by atoms with Crippen molar-refractivity contribution in [3.05, 3.63) is 42.1 Å². The SMILES string of the molecule is O=C(c1ccc(CSc2ncccn2)o1)N1CCC[C@]2(CCOC2)C1. The molecule has 4 rings (SSSR count). The molecule has 2 aromatic heterocycles. The summed E-state index contributed by atoms with van der Waals surface area (Å²) in [6, 6.07) is 5.42. The first-order valence-corrected chi connectivity index (χ1v) is 9.58. The zero-order valence-electron chi connectivity index (χ0n) is 14.0. The topological polar surface area (TPSA) is 68.5 Å². The van der Waals surface area contributed by atoms with Gasteiger partial charge in [0.25, 0.3) is 5.91 Å². The van der Waals surface area contributed by atoms with E-state index in [1.165, 1.54) is 11.8 Å². The van der Waals surface area contributed by atoms with E-state index in [9.17, 15) is 4.79 Å². The minimum Gasteiger partial charge on any atom is -0.455 e. The Labute approximate surface area is 151 Å². The monoisotopic (exact) mass is 359 g/mol. The summed E-state index contributed by atoms with van der Waals surface area (Å²) in [5.74, 6) is 1.77. The standard InChI is InChI=1S/C18H21N3O3S/c22-16(21-9-1-5-18(12-21)6-10-23-13-18)15-4-3-14(24-15)11-25-17-19-7-2-8-20-17/h2-4,7-8H,1,5-6,9-13H2/t18-/m0/s1. The van der Waals surface area contributed by atoms with Gasteiger partial charge in [-0.1, -0.05) is 11.8 Å². The molecule has 7 heteroatoms. The van der Waals surface area contributed by atoms with Gasteiger partial charge in [0.05, 0.1) is 12.4 Å². The van der Waals surface area contributed by atoms with Gasteiger partial charge >= 0.3 is 0 Å². The normalized spacial score (nSPS) is 23.3. The second-order valence-corrected chi connectivity index (χ2v) is 7.66. The van der Waals surface area contributed by atoms with Gasteiger partial charge in [-0.15, -0.1) is 0 Å². The number of nitrogens with zero attached hydrogens (tertiary/aromatic N) is 3. The minimum absolute atomic E-state index is 0.0156. The first-order chi connectivity index (χ1) is 12.2. The van der Waals surface area contributed by atoms with Crippen LogP contribution in [0.5, 0.6) is 0 Å². The number of piperidine rings is 1. The Hall–Kier alpha value is -1.86. The van der Waals surface area contributed by atoms with Crippen molar-refractivity contribution in [2.45, 2.75) is 30.2 Å². The van der Waals surface area contributed by atoms with E-state index in [-0.39, 0.29) is 11.3 Å². The lowest BCUT2D eigenvalue weighted by molar-refractivity contribution is 0.0436. The molecule has 132 valence electrons. The van der Waals surface area contributed by atoms with Gasteiger partial charge in [-0.3, -0.25) is 4.79 Å². The number of hydrogen-bond acceptors (Lipinski definition) is 6. The van der Waals surface area contributed by atoms with Gasteiger partial charge in [-0.05, 0) is 37.5 Å². The summed E-state index contributed by atoms with van der Waals surface area (Å²) < 4.78 is 11.3. The fourth-order valence-electron chi connectivity index (χ4n) is 3.57. The second kappa shape index (κ2) is 7.17. The number of aromatic nitrogens is 2. The van der Waals surface area contributed by atoms with Crippen LogP contribution in [0.4, 0.5) is 0 Å². The van der Waals surface area contributed by atoms with E-state index in [2.05, 4.69) is 9.97 Å². The van der Waals surface area contributed by atoms with Crippen LogP contribution in [0.2, 0.25) is 0 Å². The molecule has 0 bridgehead atoms. The quantitative estimate of drug-likeness (QED) is 0.617. The maximum Gasteiger partial charge on any atom is 0.289 e. The molecule has 1 amide bonds. The summed E-state index contributed by atoms with van der Waals surface area (Å²) >= 11 is 1.49. The predicted octanol–water partition coefficient (Wildman–Crippen LogP) is 3.00. The molecule has 2 aliphatic heterocycles. The molecule has 6 nitrogen and oxygen atoms in total. The molecule has 4 heterocycles. The third-order valence-electron chi connectivity index (χ3n) is 4.89. The highest BCUT2D eigenvalue weighted by atomic mass is 32.2. The Balaban J connectivity index is 1.38. The van der Waals surface area contributed by atoms with Crippen LogP contribution in [0.25, 0.3) is 0 Å². The van der Waals surface area contributed by atoms with Gasteiger partial charge in [0.1, 0.15) is 5.76 Å². The van der Waals surface area contributed by atoms with Crippen molar-refractivity contribution in [1.82, 2.24) is 14.9 Å². The number of carbonyl (C=O) groups excluding carboxylic acids is 1. The first kappa shape index (κ1) is 16.6. The van der Waals surface area contributed by atoms with Crippen molar-refractivity contribution in [2.75, 3.05) is 26.3 Å². The van der Waals surface area contributed by atoms with Crippen LogP contribution in [0.1, 0.15) is 35.6 Å². The lowest BCUT2D eigenvalue weighted by Crippen LogP contribution is -2.46. The molecular weight excluding hydrogens is 338 g/mol. The molecular formula is C18H21N3O3S. The van der Waals surface area contributed by atoms with Crippen LogP contribution in [0.15, 0.2) is 40.2 Å². The molecule has 2 fully saturated rings. The minimum atomic E-state index is -0.0156. The Morgan fingerprint density at radius 3 is 2.96 bits per heavy atom. The van der Waals surface area contributed by atoms with Crippen molar-refractivity contribution < 1.29 is 13.9 Å². The van der Waals surface area contributed by atoms with Gasteiger partial charge in [0, 0.05) is 37.5 Å². The summed E-state index contributed by atoms with van der Waals surface area (Å²) in [5, 5.41) is 0.700. The third-order valence-corrected chi connectivity index (χ3v) is 5.79. The van der Waals surface area contributed by atoms with Crippen LogP contribution in [0, 0.1) is 5.41 Å². The number of rotatable bonds is 4. The number of thioether (sulfide) groups is 1. The van der Waals surface area contributed by atoms with E-state index in [1.54, 1.807) is 24.5 Å². The molecule has 0 N–H and O–H groups in total. The highest BCUT2D eigenvalue weighted by Gasteiger charge is 2.40. The van der Waals surface area contributed by atoms with E-state index in [0.29, 0.717) is 16.7 Å². The first-order valence-electron chi connectivity index (χ1n) is 8.60. The average Bonchev–Trinajstić information content (AvgIpc) is 3.30. The van der Waals surface area contributed by atoms with E-state index < -0.39 is 0 Å². The summed E-state index contributed by atoms with van der Waals surface area (Å²) in [6.45, 7) is 3.15. The Bertz CT molecular complexity index is 728. The lowest BCUT2D eigenvalue weighted by Gasteiger charge is -2.39. The highest BCUT2D eigenvalue weighted by Crippen LogP contribution is 2.38. The molecule has 0 saturated carbocycles. The fraction of sp³-hybridized carbons (Fsp3) is 0.500. The number of hydrogen-bond donors (Lipinski definition) is 0. The van der Waals surface area contributed by atoms with Gasteiger partial charge in [0.2, 0.25) is 0 Å². The second-order valence-electron chi connectivity index (χ2n) is 6.72. The van der Waals surface area contributed by atoms with Crippen LogP contribution in [-0.4, -0.2) is 47.1 Å². The van der Waals surface area contributed by atoms with E-state index in [0.717, 1.165) is 51.3 Å². The molecule has 2 aliphatic rings. The van der Waals surface area contributed by atoms with Crippen molar-refractivity contribution in [3.63, 3.8) is 0 Å². The number of likely N-dealkylation sites (tertiary alicyclic amines) is 1. The number of furan rings is 1.